The minimum atomic E-state index is -0.460. The minimum Gasteiger partial charge on any atom is -0.452 e. The molecule has 1 N–H and O–H groups in total. The van der Waals surface area contributed by atoms with Crippen molar-refractivity contribution < 1.29 is 8.81 Å². The van der Waals surface area contributed by atoms with Gasteiger partial charge in [0.2, 0.25) is 0 Å². The Bertz CT molecular complexity index is 573. The fraction of sp³-hybridized carbons (Fsp3) is 0.167. The molecule has 0 spiro atoms. The molecule has 0 bridgehead atoms. The molecular formula is C12H9Br2ClFNO. The molecule has 0 aliphatic heterocycles. The molecule has 2 nitrogen and oxygen atoms in total. The molecule has 1 heterocycles. The van der Waals surface area contributed by atoms with Crippen LogP contribution in [0.4, 0.5) is 4.39 Å². The van der Waals surface area contributed by atoms with Gasteiger partial charge in [0.05, 0.1) is 11.1 Å². The number of rotatable bonds is 3. The lowest BCUT2D eigenvalue weighted by molar-refractivity contribution is 0.438. The number of halogens is 4. The zero-order chi connectivity index (χ0) is 13.3. The van der Waals surface area contributed by atoms with Crippen molar-refractivity contribution in [2.75, 3.05) is 7.05 Å². The SMILES string of the molecule is CNC(c1ccc(Br)o1)c1ccc(Br)c(Cl)c1F. The molecule has 0 saturated carbocycles. The monoisotopic (exact) mass is 395 g/mol. The summed E-state index contributed by atoms with van der Waals surface area (Å²) in [6.07, 6.45) is 0. The second-order valence-corrected chi connectivity index (χ2v) is 5.64. The standard InChI is InChI=1S/C12H9Br2ClFNO/c1-17-12(8-4-5-9(14)18-8)6-2-3-7(13)10(15)11(6)16/h2-5,12,17H,1H3. The summed E-state index contributed by atoms with van der Waals surface area (Å²) in [6, 6.07) is 6.53. The first kappa shape index (κ1) is 14.1. The van der Waals surface area contributed by atoms with E-state index in [1.165, 1.54) is 0 Å². The molecule has 1 unspecified atom stereocenters. The van der Waals surface area contributed by atoms with Crippen LogP contribution in [0.5, 0.6) is 0 Å². The molecule has 0 fully saturated rings. The van der Waals surface area contributed by atoms with E-state index in [0.29, 0.717) is 20.5 Å². The van der Waals surface area contributed by atoms with Crippen LogP contribution in [0.15, 0.2) is 37.8 Å². The fourth-order valence-corrected chi connectivity index (χ4v) is 2.50. The maximum atomic E-state index is 14.1. The summed E-state index contributed by atoms with van der Waals surface area (Å²) in [5.41, 5.74) is 0.438. The highest BCUT2D eigenvalue weighted by Gasteiger charge is 2.21. The van der Waals surface area contributed by atoms with E-state index in [-0.39, 0.29) is 11.1 Å². The molecule has 1 atom stereocenters. The molecule has 0 amide bonds. The summed E-state index contributed by atoms with van der Waals surface area (Å²) in [4.78, 5) is 0. The Hall–Kier alpha value is -0.360. The second kappa shape index (κ2) is 5.74. The van der Waals surface area contributed by atoms with E-state index in [1.807, 2.05) is 0 Å². The molecule has 6 heteroatoms. The van der Waals surface area contributed by atoms with Crippen molar-refractivity contribution in [3.8, 4) is 0 Å². The molecule has 18 heavy (non-hydrogen) atoms. The second-order valence-electron chi connectivity index (χ2n) is 3.63. The lowest BCUT2D eigenvalue weighted by Crippen LogP contribution is -2.18. The maximum absolute atomic E-state index is 14.1. The predicted octanol–water partition coefficient (Wildman–Crippen LogP) is 4.91. The van der Waals surface area contributed by atoms with E-state index in [1.54, 1.807) is 31.3 Å². The van der Waals surface area contributed by atoms with E-state index in [2.05, 4.69) is 37.2 Å². The Morgan fingerprint density at radius 3 is 2.56 bits per heavy atom. The summed E-state index contributed by atoms with van der Waals surface area (Å²) in [5.74, 6) is 0.152. The number of nitrogens with one attached hydrogen (secondary N) is 1. The van der Waals surface area contributed by atoms with Gasteiger partial charge in [-0.15, -0.1) is 0 Å². The van der Waals surface area contributed by atoms with Crippen molar-refractivity contribution in [2.24, 2.45) is 0 Å². The summed E-state index contributed by atoms with van der Waals surface area (Å²) < 4.78 is 20.7. The summed E-state index contributed by atoms with van der Waals surface area (Å²) in [6.45, 7) is 0. The molecule has 2 aromatic rings. The van der Waals surface area contributed by atoms with Crippen molar-refractivity contribution >= 4 is 43.5 Å². The summed E-state index contributed by atoms with van der Waals surface area (Å²) in [7, 11) is 1.73. The normalized spacial score (nSPS) is 12.7. The maximum Gasteiger partial charge on any atom is 0.169 e. The topological polar surface area (TPSA) is 25.2 Å². The highest BCUT2D eigenvalue weighted by atomic mass is 79.9. The van der Waals surface area contributed by atoms with E-state index in [4.69, 9.17) is 16.0 Å². The van der Waals surface area contributed by atoms with Crippen LogP contribution in [0.3, 0.4) is 0 Å². The Kier molecular flexibility index (Phi) is 4.48. The van der Waals surface area contributed by atoms with Crippen LogP contribution in [0.25, 0.3) is 0 Å². The van der Waals surface area contributed by atoms with Crippen molar-refractivity contribution in [1.29, 1.82) is 0 Å². The van der Waals surface area contributed by atoms with Crippen molar-refractivity contribution in [1.82, 2.24) is 5.32 Å². The smallest absolute Gasteiger partial charge is 0.169 e. The quantitative estimate of drug-likeness (QED) is 0.745. The van der Waals surface area contributed by atoms with Gasteiger partial charge in [-0.1, -0.05) is 17.7 Å². The van der Waals surface area contributed by atoms with Crippen LogP contribution < -0.4 is 5.32 Å². The van der Waals surface area contributed by atoms with Gasteiger partial charge >= 0.3 is 0 Å². The Morgan fingerprint density at radius 2 is 2.00 bits per heavy atom. The third-order valence-corrected chi connectivity index (χ3v) is 4.23. The number of hydrogen-bond donors (Lipinski definition) is 1. The average Bonchev–Trinajstić information content (AvgIpc) is 2.77. The lowest BCUT2D eigenvalue weighted by Gasteiger charge is -2.16. The highest BCUT2D eigenvalue weighted by Crippen LogP contribution is 2.33. The van der Waals surface area contributed by atoms with Gasteiger partial charge < -0.3 is 9.73 Å². The van der Waals surface area contributed by atoms with Gasteiger partial charge in [-0.05, 0) is 57.1 Å². The first-order valence-corrected chi connectivity index (χ1v) is 7.07. The summed E-state index contributed by atoms with van der Waals surface area (Å²) in [5, 5.41) is 3.07. The third-order valence-electron chi connectivity index (χ3n) is 2.54. The van der Waals surface area contributed by atoms with E-state index < -0.39 is 5.82 Å². The average molecular weight is 397 g/mol. The molecule has 0 aliphatic rings. The van der Waals surface area contributed by atoms with Gasteiger partial charge in [0, 0.05) is 10.0 Å². The van der Waals surface area contributed by atoms with Crippen LogP contribution in [0.1, 0.15) is 17.4 Å². The van der Waals surface area contributed by atoms with Gasteiger partial charge in [0.1, 0.15) is 11.6 Å². The van der Waals surface area contributed by atoms with Gasteiger partial charge in [-0.2, -0.15) is 0 Å². The summed E-state index contributed by atoms with van der Waals surface area (Å²) >= 11 is 12.3. The van der Waals surface area contributed by atoms with Crippen LogP contribution in [-0.4, -0.2) is 7.05 Å². The molecule has 1 aromatic heterocycles. The van der Waals surface area contributed by atoms with Crippen LogP contribution in [0.2, 0.25) is 5.02 Å². The molecule has 1 aromatic carbocycles. The zero-order valence-corrected chi connectivity index (χ0v) is 13.2. The van der Waals surface area contributed by atoms with E-state index in [0.717, 1.165) is 0 Å². The lowest BCUT2D eigenvalue weighted by atomic mass is 10.0. The molecule has 2 rings (SSSR count). The fourth-order valence-electron chi connectivity index (χ4n) is 1.70. The Labute approximate surface area is 126 Å². The predicted molar refractivity (Wildman–Crippen MR) is 76.4 cm³/mol. The Morgan fingerprint density at radius 1 is 1.28 bits per heavy atom. The first-order chi connectivity index (χ1) is 8.54. The van der Waals surface area contributed by atoms with Gasteiger partial charge in [0.15, 0.2) is 4.67 Å². The van der Waals surface area contributed by atoms with Crippen molar-refractivity contribution in [3.05, 3.63) is 55.6 Å². The third kappa shape index (κ3) is 2.64. The number of hydrogen-bond acceptors (Lipinski definition) is 2. The van der Waals surface area contributed by atoms with Crippen LogP contribution in [-0.2, 0) is 0 Å². The number of benzene rings is 1. The largest absolute Gasteiger partial charge is 0.452 e. The molecule has 0 saturated heterocycles. The molecule has 0 radical (unpaired) electrons. The number of furan rings is 1. The van der Waals surface area contributed by atoms with Crippen molar-refractivity contribution in [3.63, 3.8) is 0 Å². The minimum absolute atomic E-state index is 0.0679. The zero-order valence-electron chi connectivity index (χ0n) is 9.31. The Balaban J connectivity index is 2.49. The molecular weight excluding hydrogens is 388 g/mol. The van der Waals surface area contributed by atoms with Crippen LogP contribution >= 0.6 is 43.5 Å². The first-order valence-electron chi connectivity index (χ1n) is 5.10. The van der Waals surface area contributed by atoms with Crippen molar-refractivity contribution in [2.45, 2.75) is 6.04 Å². The highest BCUT2D eigenvalue weighted by molar-refractivity contribution is 9.10. The molecule has 0 aliphatic carbocycles. The van der Waals surface area contributed by atoms with Gasteiger partial charge in [-0.25, -0.2) is 4.39 Å². The van der Waals surface area contributed by atoms with Crippen LogP contribution in [0, 0.1) is 5.82 Å². The van der Waals surface area contributed by atoms with Gasteiger partial charge in [0.25, 0.3) is 0 Å². The van der Waals surface area contributed by atoms with Gasteiger partial charge in [-0.3, -0.25) is 0 Å². The van der Waals surface area contributed by atoms with E-state index >= 15 is 0 Å². The molecule has 96 valence electrons. The van der Waals surface area contributed by atoms with E-state index in [9.17, 15) is 4.39 Å².